The molecule has 0 aliphatic carbocycles. The molecule has 0 radical (unpaired) electrons. The summed E-state index contributed by atoms with van der Waals surface area (Å²) in [5, 5.41) is 0. The number of rotatable bonds is 5. The monoisotopic (exact) mass is 370 g/mol. The number of carbonyl (C=O) groups excluding carboxylic acids is 1. The number of anilines is 1. The first-order chi connectivity index (χ1) is 12.8. The summed E-state index contributed by atoms with van der Waals surface area (Å²) in [5.41, 5.74) is 7.38. The van der Waals surface area contributed by atoms with E-state index < -0.39 is 11.2 Å². The highest BCUT2D eigenvalue weighted by atomic mass is 16.2. The van der Waals surface area contributed by atoms with Crippen LogP contribution in [0.3, 0.4) is 0 Å². The van der Waals surface area contributed by atoms with Gasteiger partial charge >= 0.3 is 5.69 Å². The number of carbonyl (C=O) groups is 1. The van der Waals surface area contributed by atoms with Gasteiger partial charge in [0.05, 0.1) is 6.54 Å². The largest absolute Gasteiger partial charge is 0.384 e. The molecule has 1 aliphatic heterocycles. The Hall–Kier alpha value is -2.67. The van der Waals surface area contributed by atoms with Crippen molar-refractivity contribution in [3.8, 4) is 0 Å². The number of Topliss-reactive ketones (excluding diaryl/α,β-unsaturated/α-hetero) is 1. The van der Waals surface area contributed by atoms with Crippen molar-refractivity contribution in [2.75, 3.05) is 18.8 Å². The molecule has 144 valence electrons. The van der Waals surface area contributed by atoms with E-state index in [0.717, 1.165) is 17.5 Å². The minimum atomic E-state index is -0.625. The van der Waals surface area contributed by atoms with E-state index >= 15 is 0 Å². The van der Waals surface area contributed by atoms with E-state index in [-0.39, 0.29) is 29.6 Å². The molecule has 0 unspecified atom stereocenters. The fraction of sp³-hybridized carbons (Fsp3) is 0.450. The Morgan fingerprint density at radius 2 is 1.85 bits per heavy atom. The second-order valence-electron chi connectivity index (χ2n) is 7.56. The van der Waals surface area contributed by atoms with Gasteiger partial charge in [-0.1, -0.05) is 38.1 Å². The van der Waals surface area contributed by atoms with Crippen LogP contribution in [0.4, 0.5) is 5.82 Å². The smallest absolute Gasteiger partial charge is 0.332 e. The van der Waals surface area contributed by atoms with E-state index in [0.29, 0.717) is 13.1 Å². The first-order valence-corrected chi connectivity index (χ1v) is 9.21. The van der Waals surface area contributed by atoms with Crippen LogP contribution in [0.2, 0.25) is 0 Å². The van der Waals surface area contributed by atoms with E-state index in [1.165, 1.54) is 22.7 Å². The number of aromatic nitrogens is 2. The van der Waals surface area contributed by atoms with Gasteiger partial charge in [-0.25, -0.2) is 4.79 Å². The molecular weight excluding hydrogens is 344 g/mol. The number of fused-ring (bicyclic) bond motifs is 1. The van der Waals surface area contributed by atoms with Crippen molar-refractivity contribution in [2.45, 2.75) is 33.4 Å². The molecule has 7 nitrogen and oxygen atoms in total. The number of hydrogen-bond acceptors (Lipinski definition) is 5. The van der Waals surface area contributed by atoms with Crippen LogP contribution in [0.1, 0.15) is 35.3 Å². The van der Waals surface area contributed by atoms with E-state index in [2.05, 4.69) is 12.1 Å². The van der Waals surface area contributed by atoms with Crippen molar-refractivity contribution in [2.24, 2.45) is 13.0 Å². The van der Waals surface area contributed by atoms with Crippen LogP contribution in [0.5, 0.6) is 0 Å². The molecule has 1 aromatic carbocycles. The fourth-order valence-electron chi connectivity index (χ4n) is 3.56. The molecule has 0 saturated carbocycles. The van der Waals surface area contributed by atoms with Crippen LogP contribution in [0.25, 0.3) is 0 Å². The van der Waals surface area contributed by atoms with E-state index in [9.17, 15) is 14.4 Å². The van der Waals surface area contributed by atoms with Crippen LogP contribution in [-0.4, -0.2) is 32.9 Å². The van der Waals surface area contributed by atoms with Gasteiger partial charge in [-0.2, -0.15) is 0 Å². The Bertz CT molecular complexity index is 988. The highest BCUT2D eigenvalue weighted by Crippen LogP contribution is 2.19. The SMILES string of the molecule is CC(C)Cn1c(N)c(C(=O)CN2CCc3ccccc3C2)c(=O)n(C)c1=O. The summed E-state index contributed by atoms with van der Waals surface area (Å²) in [6.07, 6.45) is 0.865. The number of ketones is 1. The van der Waals surface area contributed by atoms with Gasteiger partial charge in [0.15, 0.2) is 5.78 Å². The third-order valence-electron chi connectivity index (χ3n) is 4.99. The van der Waals surface area contributed by atoms with Crippen LogP contribution in [0, 0.1) is 5.92 Å². The lowest BCUT2D eigenvalue weighted by molar-refractivity contribution is 0.0919. The second kappa shape index (κ2) is 7.52. The normalized spacial score (nSPS) is 14.4. The zero-order valence-corrected chi connectivity index (χ0v) is 16.1. The molecule has 2 N–H and O–H groups in total. The molecule has 0 bridgehead atoms. The molecule has 0 spiro atoms. The minimum absolute atomic E-state index is 0.0285. The maximum absolute atomic E-state index is 12.9. The van der Waals surface area contributed by atoms with Crippen LogP contribution in [-0.2, 0) is 26.6 Å². The molecule has 0 saturated heterocycles. The number of nitrogens with two attached hydrogens (primary N) is 1. The summed E-state index contributed by atoms with van der Waals surface area (Å²) >= 11 is 0. The minimum Gasteiger partial charge on any atom is -0.384 e. The van der Waals surface area contributed by atoms with Crippen LogP contribution >= 0.6 is 0 Å². The summed E-state index contributed by atoms with van der Waals surface area (Å²) in [4.78, 5) is 39.9. The van der Waals surface area contributed by atoms with E-state index in [4.69, 9.17) is 5.73 Å². The van der Waals surface area contributed by atoms with Gasteiger partial charge in [-0.15, -0.1) is 0 Å². The van der Waals surface area contributed by atoms with Gasteiger partial charge in [0, 0.05) is 26.7 Å². The molecule has 27 heavy (non-hydrogen) atoms. The van der Waals surface area contributed by atoms with Gasteiger partial charge in [-0.05, 0) is 23.5 Å². The van der Waals surface area contributed by atoms with Crippen molar-refractivity contribution < 1.29 is 4.79 Å². The van der Waals surface area contributed by atoms with Crippen molar-refractivity contribution in [3.05, 3.63) is 61.8 Å². The van der Waals surface area contributed by atoms with E-state index in [1.807, 2.05) is 30.9 Å². The molecule has 2 aromatic rings. The Morgan fingerprint density at radius 3 is 2.52 bits per heavy atom. The van der Waals surface area contributed by atoms with Crippen molar-refractivity contribution in [1.82, 2.24) is 14.0 Å². The third kappa shape index (κ3) is 3.73. The molecule has 1 aromatic heterocycles. The lowest BCUT2D eigenvalue weighted by Gasteiger charge is -2.28. The maximum atomic E-state index is 12.9. The van der Waals surface area contributed by atoms with Gasteiger partial charge < -0.3 is 5.73 Å². The van der Waals surface area contributed by atoms with Gasteiger partial charge in [0.2, 0.25) is 0 Å². The highest BCUT2D eigenvalue weighted by molar-refractivity contribution is 6.01. The van der Waals surface area contributed by atoms with Crippen LogP contribution in [0.15, 0.2) is 33.9 Å². The molecule has 3 rings (SSSR count). The molecule has 0 atom stereocenters. The first kappa shape index (κ1) is 19.1. The lowest BCUT2D eigenvalue weighted by atomic mass is 9.99. The average molecular weight is 370 g/mol. The highest BCUT2D eigenvalue weighted by Gasteiger charge is 2.25. The van der Waals surface area contributed by atoms with Crippen molar-refractivity contribution in [1.29, 1.82) is 0 Å². The lowest BCUT2D eigenvalue weighted by Crippen LogP contribution is -2.45. The third-order valence-corrected chi connectivity index (χ3v) is 4.99. The molecular formula is C20H26N4O3. The zero-order valence-electron chi connectivity index (χ0n) is 16.1. The Labute approximate surface area is 158 Å². The van der Waals surface area contributed by atoms with E-state index in [1.54, 1.807) is 0 Å². The summed E-state index contributed by atoms with van der Waals surface area (Å²) in [7, 11) is 1.38. The average Bonchev–Trinajstić information content (AvgIpc) is 2.63. The predicted molar refractivity (Wildman–Crippen MR) is 105 cm³/mol. The number of nitrogens with zero attached hydrogens (tertiary/aromatic N) is 3. The summed E-state index contributed by atoms with van der Waals surface area (Å²) in [5.74, 6) is -0.215. The van der Waals surface area contributed by atoms with Crippen LogP contribution < -0.4 is 17.0 Å². The number of nitrogen functional groups attached to an aromatic ring is 1. The summed E-state index contributed by atoms with van der Waals surface area (Å²) < 4.78 is 2.29. The topological polar surface area (TPSA) is 90.3 Å². The van der Waals surface area contributed by atoms with Gasteiger partial charge in [0.1, 0.15) is 11.4 Å². The standard InChI is InChI=1S/C20H26N4O3/c1-13(2)10-24-18(21)17(19(26)22(3)20(24)27)16(25)12-23-9-8-14-6-4-5-7-15(14)11-23/h4-7,13H,8-12,21H2,1-3H3. The Balaban J connectivity index is 1.90. The number of hydrogen-bond donors (Lipinski definition) is 1. The van der Waals surface area contributed by atoms with Crippen molar-refractivity contribution in [3.63, 3.8) is 0 Å². The first-order valence-electron chi connectivity index (χ1n) is 9.21. The molecule has 0 fully saturated rings. The molecule has 0 amide bonds. The zero-order chi connectivity index (χ0) is 19.7. The van der Waals surface area contributed by atoms with Gasteiger partial charge in [-0.3, -0.25) is 23.6 Å². The van der Waals surface area contributed by atoms with Crippen molar-refractivity contribution >= 4 is 11.6 Å². The predicted octanol–water partition coefficient (Wildman–Crippen LogP) is 1.03. The fourth-order valence-corrected chi connectivity index (χ4v) is 3.56. The van der Waals surface area contributed by atoms with Gasteiger partial charge in [0.25, 0.3) is 5.56 Å². The molecule has 1 aliphatic rings. The maximum Gasteiger partial charge on any atom is 0.332 e. The molecule has 2 heterocycles. The summed E-state index contributed by atoms with van der Waals surface area (Å²) in [6.45, 7) is 5.76. The Kier molecular flexibility index (Phi) is 5.32. The quantitative estimate of drug-likeness (QED) is 0.794. The summed E-state index contributed by atoms with van der Waals surface area (Å²) in [6, 6.07) is 8.16. The number of benzene rings is 1. The second-order valence-corrected chi connectivity index (χ2v) is 7.56. The Morgan fingerprint density at radius 1 is 1.19 bits per heavy atom. The molecule has 7 heteroatoms.